The maximum atomic E-state index is 12.4. The molecule has 1 aliphatic rings. The van der Waals surface area contributed by atoms with Gasteiger partial charge >= 0.3 is 0 Å². The van der Waals surface area contributed by atoms with Crippen molar-refractivity contribution in [3.8, 4) is 0 Å². The summed E-state index contributed by atoms with van der Waals surface area (Å²) in [5.41, 5.74) is 0.721. The molecule has 1 unspecified atom stereocenters. The van der Waals surface area contributed by atoms with Crippen LogP contribution >= 0.6 is 0 Å². The van der Waals surface area contributed by atoms with Gasteiger partial charge in [-0.3, -0.25) is 9.59 Å². The molecule has 1 saturated heterocycles. The van der Waals surface area contributed by atoms with Crippen LogP contribution in [0.4, 0.5) is 0 Å². The molecule has 0 bridgehead atoms. The number of hydrogen-bond acceptors (Lipinski definition) is 4. The molecule has 25 heavy (non-hydrogen) atoms. The van der Waals surface area contributed by atoms with Crippen LogP contribution in [0.15, 0.2) is 30.3 Å². The first-order valence-corrected chi connectivity index (χ1v) is 10.3. The van der Waals surface area contributed by atoms with Gasteiger partial charge in [-0.15, -0.1) is 0 Å². The van der Waals surface area contributed by atoms with Crippen molar-refractivity contribution < 1.29 is 18.0 Å². The first-order valence-electron chi connectivity index (χ1n) is 8.45. The van der Waals surface area contributed by atoms with Crippen LogP contribution in [-0.4, -0.2) is 55.8 Å². The lowest BCUT2D eigenvalue weighted by Crippen LogP contribution is -2.52. The maximum absolute atomic E-state index is 12.4. The van der Waals surface area contributed by atoms with Crippen molar-refractivity contribution in [2.75, 3.05) is 24.6 Å². The van der Waals surface area contributed by atoms with Crippen LogP contribution in [0, 0.1) is 0 Å². The SMILES string of the molecule is CC(NC(=O)CC(C)(C)c1ccccc1)C(=O)N1CCS(=O)(=O)CC1. The molecule has 1 aromatic rings. The Morgan fingerprint density at radius 3 is 2.28 bits per heavy atom. The highest BCUT2D eigenvalue weighted by atomic mass is 32.2. The first-order chi connectivity index (χ1) is 11.6. The Labute approximate surface area is 149 Å². The van der Waals surface area contributed by atoms with Gasteiger partial charge in [0.05, 0.1) is 11.5 Å². The van der Waals surface area contributed by atoms with Crippen molar-refractivity contribution in [3.05, 3.63) is 35.9 Å². The van der Waals surface area contributed by atoms with E-state index in [-0.39, 0.29) is 48.2 Å². The molecule has 7 heteroatoms. The zero-order valence-electron chi connectivity index (χ0n) is 15.0. The lowest BCUT2D eigenvalue weighted by molar-refractivity contribution is -0.136. The van der Waals surface area contributed by atoms with E-state index in [9.17, 15) is 18.0 Å². The van der Waals surface area contributed by atoms with Gasteiger partial charge in [-0.2, -0.15) is 0 Å². The molecule has 6 nitrogen and oxygen atoms in total. The zero-order chi connectivity index (χ0) is 18.7. The summed E-state index contributed by atoms with van der Waals surface area (Å²) in [5.74, 6) is -0.457. The molecule has 138 valence electrons. The number of rotatable bonds is 5. The second kappa shape index (κ2) is 7.56. The molecule has 1 heterocycles. The van der Waals surface area contributed by atoms with Crippen LogP contribution in [0.25, 0.3) is 0 Å². The van der Waals surface area contributed by atoms with E-state index in [1.54, 1.807) is 6.92 Å². The van der Waals surface area contributed by atoms with Crippen LogP contribution in [-0.2, 0) is 24.8 Å². The topological polar surface area (TPSA) is 83.6 Å². The van der Waals surface area contributed by atoms with Crippen molar-refractivity contribution in [1.29, 1.82) is 0 Å². The summed E-state index contributed by atoms with van der Waals surface area (Å²) in [6, 6.07) is 9.10. The molecule has 2 amide bonds. The molecular formula is C18H26N2O4S. The minimum Gasteiger partial charge on any atom is -0.345 e. The third kappa shape index (κ3) is 5.29. The lowest BCUT2D eigenvalue weighted by Gasteiger charge is -2.30. The van der Waals surface area contributed by atoms with E-state index >= 15 is 0 Å². The van der Waals surface area contributed by atoms with Crippen molar-refractivity contribution in [3.63, 3.8) is 0 Å². The van der Waals surface area contributed by atoms with E-state index in [0.29, 0.717) is 0 Å². The molecular weight excluding hydrogens is 340 g/mol. The lowest BCUT2D eigenvalue weighted by atomic mass is 9.81. The summed E-state index contributed by atoms with van der Waals surface area (Å²) in [7, 11) is -3.03. The predicted octanol–water partition coefficient (Wildman–Crippen LogP) is 1.12. The molecule has 1 fully saturated rings. The van der Waals surface area contributed by atoms with Crippen molar-refractivity contribution in [2.45, 2.75) is 38.6 Å². The summed E-state index contributed by atoms with van der Waals surface area (Å²) in [4.78, 5) is 26.3. The van der Waals surface area contributed by atoms with E-state index in [2.05, 4.69) is 5.32 Å². The van der Waals surface area contributed by atoms with Crippen LogP contribution in [0.5, 0.6) is 0 Å². The predicted molar refractivity (Wildman–Crippen MR) is 96.9 cm³/mol. The van der Waals surface area contributed by atoms with Gasteiger partial charge in [-0.1, -0.05) is 44.2 Å². The molecule has 1 atom stereocenters. The van der Waals surface area contributed by atoms with Crippen LogP contribution in [0.3, 0.4) is 0 Å². The highest BCUT2D eigenvalue weighted by Crippen LogP contribution is 2.26. The van der Waals surface area contributed by atoms with E-state index in [1.165, 1.54) is 4.90 Å². The monoisotopic (exact) mass is 366 g/mol. The van der Waals surface area contributed by atoms with Gasteiger partial charge in [-0.05, 0) is 17.9 Å². The Bertz CT molecular complexity index is 715. The number of nitrogens with one attached hydrogen (secondary N) is 1. The van der Waals surface area contributed by atoms with Crippen molar-refractivity contribution >= 4 is 21.7 Å². The second-order valence-corrected chi connectivity index (χ2v) is 9.50. The van der Waals surface area contributed by atoms with Crippen LogP contribution < -0.4 is 5.32 Å². The number of sulfone groups is 1. The number of carbonyl (C=O) groups excluding carboxylic acids is 2. The van der Waals surface area contributed by atoms with E-state index in [4.69, 9.17) is 0 Å². The Morgan fingerprint density at radius 1 is 1.16 bits per heavy atom. The van der Waals surface area contributed by atoms with Crippen LogP contribution in [0.2, 0.25) is 0 Å². The Kier molecular flexibility index (Phi) is 5.87. The minimum atomic E-state index is -3.03. The third-order valence-corrected chi connectivity index (χ3v) is 6.17. The fraction of sp³-hybridized carbons (Fsp3) is 0.556. The van der Waals surface area contributed by atoms with Crippen LogP contribution in [0.1, 0.15) is 32.8 Å². The number of amides is 2. The van der Waals surface area contributed by atoms with Gasteiger partial charge in [0.15, 0.2) is 9.84 Å². The standard InChI is InChI=1S/C18H26N2O4S/c1-14(17(22)20-9-11-25(23,24)12-10-20)19-16(21)13-18(2,3)15-7-5-4-6-8-15/h4-8,14H,9-13H2,1-3H3,(H,19,21). The van der Waals surface area contributed by atoms with E-state index in [0.717, 1.165) is 5.56 Å². The molecule has 2 rings (SSSR count). The summed E-state index contributed by atoms with van der Waals surface area (Å²) >= 11 is 0. The molecule has 1 aromatic carbocycles. The normalized spacial score (nSPS) is 18.4. The molecule has 1 N–H and O–H groups in total. The quantitative estimate of drug-likeness (QED) is 0.846. The average molecular weight is 366 g/mol. The highest BCUT2D eigenvalue weighted by molar-refractivity contribution is 7.91. The van der Waals surface area contributed by atoms with E-state index in [1.807, 2.05) is 44.2 Å². The van der Waals surface area contributed by atoms with Crippen molar-refractivity contribution in [1.82, 2.24) is 10.2 Å². The molecule has 0 aliphatic carbocycles. The molecule has 0 radical (unpaired) electrons. The number of nitrogens with zero attached hydrogens (tertiary/aromatic N) is 1. The van der Waals surface area contributed by atoms with Gasteiger partial charge < -0.3 is 10.2 Å². The molecule has 0 spiro atoms. The minimum absolute atomic E-state index is 0.0134. The van der Waals surface area contributed by atoms with Gasteiger partial charge in [0, 0.05) is 19.5 Å². The molecule has 1 aliphatic heterocycles. The zero-order valence-corrected chi connectivity index (χ0v) is 15.8. The van der Waals surface area contributed by atoms with Gasteiger partial charge in [0.2, 0.25) is 11.8 Å². The second-order valence-electron chi connectivity index (χ2n) is 7.19. The smallest absolute Gasteiger partial charge is 0.244 e. The number of carbonyl (C=O) groups is 2. The van der Waals surface area contributed by atoms with E-state index < -0.39 is 15.9 Å². The number of benzene rings is 1. The molecule has 0 saturated carbocycles. The summed E-state index contributed by atoms with van der Waals surface area (Å²) in [6.07, 6.45) is 0.267. The number of hydrogen-bond donors (Lipinski definition) is 1. The van der Waals surface area contributed by atoms with Crippen molar-refractivity contribution in [2.24, 2.45) is 0 Å². The Morgan fingerprint density at radius 2 is 1.72 bits per heavy atom. The Hall–Kier alpha value is -1.89. The van der Waals surface area contributed by atoms with Gasteiger partial charge in [0.25, 0.3) is 0 Å². The Balaban J connectivity index is 1.90. The summed E-state index contributed by atoms with van der Waals surface area (Å²) < 4.78 is 22.9. The average Bonchev–Trinajstić information content (AvgIpc) is 2.54. The summed E-state index contributed by atoms with van der Waals surface area (Å²) in [5, 5.41) is 2.74. The largest absolute Gasteiger partial charge is 0.345 e. The fourth-order valence-electron chi connectivity index (χ4n) is 2.95. The third-order valence-electron chi connectivity index (χ3n) is 4.56. The maximum Gasteiger partial charge on any atom is 0.244 e. The van der Waals surface area contributed by atoms with Gasteiger partial charge in [-0.25, -0.2) is 8.42 Å². The summed E-state index contributed by atoms with van der Waals surface area (Å²) in [6.45, 7) is 6.00. The highest BCUT2D eigenvalue weighted by Gasteiger charge is 2.30. The van der Waals surface area contributed by atoms with Gasteiger partial charge in [0.1, 0.15) is 6.04 Å². The fourth-order valence-corrected chi connectivity index (χ4v) is 4.15. The first kappa shape index (κ1) is 19.4. The molecule has 0 aromatic heterocycles.